The Kier molecular flexibility index (Phi) is 5.24. The van der Waals surface area contributed by atoms with Crippen LogP contribution in [-0.2, 0) is 10.2 Å². The average Bonchev–Trinajstić information content (AvgIpc) is 2.90. The van der Waals surface area contributed by atoms with E-state index in [1.165, 1.54) is 16.8 Å². The van der Waals surface area contributed by atoms with E-state index in [4.69, 9.17) is 9.47 Å². The molecule has 1 saturated heterocycles. The number of rotatable bonds is 5. The summed E-state index contributed by atoms with van der Waals surface area (Å²) in [5.41, 5.74) is 3.74. The van der Waals surface area contributed by atoms with Gasteiger partial charge in [0.2, 0.25) is 5.91 Å². The molecule has 31 heavy (non-hydrogen) atoms. The number of aryl methyl sites for hydroxylation is 1. The van der Waals surface area contributed by atoms with E-state index in [-0.39, 0.29) is 17.4 Å². The van der Waals surface area contributed by atoms with Crippen molar-refractivity contribution in [3.63, 3.8) is 0 Å². The first-order valence-electron chi connectivity index (χ1n) is 10.9. The molecule has 0 radical (unpaired) electrons. The number of carbonyl (C=O) groups is 1. The third kappa shape index (κ3) is 3.46. The molecule has 164 valence electrons. The van der Waals surface area contributed by atoms with Crippen LogP contribution in [0.5, 0.6) is 11.5 Å². The molecule has 1 atom stereocenters. The molecule has 2 aliphatic heterocycles. The Hall–Kier alpha value is -2.95. The molecule has 1 amide bonds. The van der Waals surface area contributed by atoms with Crippen LogP contribution >= 0.6 is 0 Å². The third-order valence-electron chi connectivity index (χ3n) is 6.45. The summed E-state index contributed by atoms with van der Waals surface area (Å²) in [6, 6.07) is 12.5. The Morgan fingerprint density at radius 3 is 2.61 bits per heavy atom. The molecule has 1 N–H and O–H groups in total. The van der Waals surface area contributed by atoms with Gasteiger partial charge in [-0.15, -0.1) is 0 Å². The Labute approximate surface area is 185 Å². The summed E-state index contributed by atoms with van der Waals surface area (Å²) in [7, 11) is 1.65. The SMILES string of the molecule is COc1cc(C=C[C@@]23NC(=O)CCN2c2ccc(C)cc2C3(C)C)ccc1OC(C)C. The largest absolute Gasteiger partial charge is 0.493 e. The van der Waals surface area contributed by atoms with Crippen LogP contribution in [0.1, 0.15) is 50.8 Å². The van der Waals surface area contributed by atoms with Crippen LogP contribution in [0.3, 0.4) is 0 Å². The van der Waals surface area contributed by atoms with E-state index in [1.807, 2.05) is 32.0 Å². The van der Waals surface area contributed by atoms with Gasteiger partial charge in [-0.1, -0.05) is 43.7 Å². The Morgan fingerprint density at radius 2 is 1.90 bits per heavy atom. The minimum atomic E-state index is -0.626. The highest BCUT2D eigenvalue weighted by atomic mass is 16.5. The molecule has 0 aliphatic carbocycles. The van der Waals surface area contributed by atoms with Gasteiger partial charge in [-0.05, 0) is 56.2 Å². The van der Waals surface area contributed by atoms with Crippen molar-refractivity contribution in [2.75, 3.05) is 18.6 Å². The van der Waals surface area contributed by atoms with Gasteiger partial charge in [-0.2, -0.15) is 0 Å². The van der Waals surface area contributed by atoms with E-state index in [9.17, 15) is 4.79 Å². The Bertz CT molecular complexity index is 1040. The van der Waals surface area contributed by atoms with Crippen LogP contribution in [0, 0.1) is 6.92 Å². The van der Waals surface area contributed by atoms with E-state index in [0.717, 1.165) is 11.3 Å². The van der Waals surface area contributed by atoms with Gasteiger partial charge in [0, 0.05) is 24.1 Å². The van der Waals surface area contributed by atoms with Gasteiger partial charge in [0.1, 0.15) is 5.66 Å². The number of carbonyl (C=O) groups excluding carboxylic acids is 1. The standard InChI is InChI=1S/C26H32N2O3/c1-17(2)31-22-10-8-19(16-23(22)30-6)11-13-26-25(4,5)20-15-18(3)7-9-21(20)28(26)14-12-24(29)27-26/h7-11,13,15-17H,12,14H2,1-6H3,(H,27,29)/t26-/m1/s1. The molecule has 4 rings (SSSR count). The molecule has 2 aromatic rings. The van der Waals surface area contributed by atoms with Crippen LogP contribution in [0.15, 0.2) is 42.5 Å². The first kappa shape index (κ1) is 21.3. The fourth-order valence-electron chi connectivity index (χ4n) is 4.82. The molecule has 0 saturated carbocycles. The van der Waals surface area contributed by atoms with Gasteiger partial charge in [0.25, 0.3) is 0 Å². The lowest BCUT2D eigenvalue weighted by Crippen LogP contribution is -2.68. The maximum Gasteiger partial charge on any atom is 0.223 e. The molecule has 5 nitrogen and oxygen atoms in total. The fraction of sp³-hybridized carbons (Fsp3) is 0.423. The van der Waals surface area contributed by atoms with Crippen molar-refractivity contribution in [1.29, 1.82) is 0 Å². The number of nitrogens with one attached hydrogen (secondary N) is 1. The summed E-state index contributed by atoms with van der Waals surface area (Å²) in [6.45, 7) is 11.2. The lowest BCUT2D eigenvalue weighted by molar-refractivity contribution is -0.124. The molecule has 0 bridgehead atoms. The molecule has 0 spiro atoms. The normalized spacial score (nSPS) is 21.8. The minimum Gasteiger partial charge on any atom is -0.493 e. The number of amides is 1. The van der Waals surface area contributed by atoms with Crippen molar-refractivity contribution in [1.82, 2.24) is 5.32 Å². The zero-order chi connectivity index (χ0) is 22.4. The molecule has 2 aromatic carbocycles. The monoisotopic (exact) mass is 420 g/mol. The minimum absolute atomic E-state index is 0.0708. The van der Waals surface area contributed by atoms with Crippen molar-refractivity contribution >= 4 is 17.7 Å². The van der Waals surface area contributed by atoms with E-state index in [1.54, 1.807) is 7.11 Å². The topological polar surface area (TPSA) is 50.8 Å². The van der Waals surface area contributed by atoms with Crippen LogP contribution < -0.4 is 19.7 Å². The second-order valence-electron chi connectivity index (χ2n) is 9.27. The van der Waals surface area contributed by atoms with E-state index >= 15 is 0 Å². The number of methoxy groups -OCH3 is 1. The number of benzene rings is 2. The van der Waals surface area contributed by atoms with Gasteiger partial charge < -0.3 is 19.7 Å². The van der Waals surface area contributed by atoms with Crippen LogP contribution in [0.25, 0.3) is 6.08 Å². The summed E-state index contributed by atoms with van der Waals surface area (Å²) >= 11 is 0. The lowest BCUT2D eigenvalue weighted by atomic mass is 9.74. The second-order valence-corrected chi connectivity index (χ2v) is 9.27. The number of nitrogens with zero attached hydrogens (tertiary/aromatic N) is 1. The van der Waals surface area contributed by atoms with Gasteiger partial charge in [0.15, 0.2) is 11.5 Å². The van der Waals surface area contributed by atoms with Crippen LogP contribution in [0.2, 0.25) is 0 Å². The van der Waals surface area contributed by atoms with Gasteiger partial charge >= 0.3 is 0 Å². The predicted molar refractivity (Wildman–Crippen MR) is 125 cm³/mol. The molecule has 2 heterocycles. The highest BCUT2D eigenvalue weighted by molar-refractivity contribution is 5.84. The first-order chi connectivity index (χ1) is 14.7. The number of fused-ring (bicyclic) bond motifs is 3. The molecule has 1 fully saturated rings. The van der Waals surface area contributed by atoms with Crippen LogP contribution in [-0.4, -0.2) is 31.3 Å². The molecular formula is C26H32N2O3. The zero-order valence-corrected chi connectivity index (χ0v) is 19.3. The van der Waals surface area contributed by atoms with Gasteiger partial charge in [-0.3, -0.25) is 4.79 Å². The smallest absolute Gasteiger partial charge is 0.223 e. The molecule has 5 heteroatoms. The summed E-state index contributed by atoms with van der Waals surface area (Å²) in [4.78, 5) is 14.9. The van der Waals surface area contributed by atoms with Crippen molar-refractivity contribution < 1.29 is 14.3 Å². The number of ether oxygens (including phenoxy) is 2. The maximum absolute atomic E-state index is 12.6. The molecule has 0 aromatic heterocycles. The zero-order valence-electron chi connectivity index (χ0n) is 19.3. The summed E-state index contributed by atoms with van der Waals surface area (Å²) in [5.74, 6) is 1.50. The van der Waals surface area contributed by atoms with Crippen molar-refractivity contribution in [2.24, 2.45) is 0 Å². The number of hydrogen-bond acceptors (Lipinski definition) is 4. The first-order valence-corrected chi connectivity index (χ1v) is 10.9. The molecule has 0 unspecified atom stereocenters. The summed E-state index contributed by atoms with van der Waals surface area (Å²) < 4.78 is 11.4. The van der Waals surface area contributed by atoms with Crippen molar-refractivity contribution in [3.8, 4) is 11.5 Å². The van der Waals surface area contributed by atoms with Gasteiger partial charge in [-0.25, -0.2) is 0 Å². The molecular weight excluding hydrogens is 388 g/mol. The second kappa shape index (κ2) is 7.63. The summed E-state index contributed by atoms with van der Waals surface area (Å²) in [5, 5.41) is 3.33. The highest BCUT2D eigenvalue weighted by Gasteiger charge is 2.57. The van der Waals surface area contributed by atoms with Crippen molar-refractivity contribution in [2.45, 2.75) is 58.2 Å². The third-order valence-corrected chi connectivity index (χ3v) is 6.45. The highest BCUT2D eigenvalue weighted by Crippen LogP contribution is 2.52. The maximum atomic E-state index is 12.6. The quantitative estimate of drug-likeness (QED) is 0.754. The van der Waals surface area contributed by atoms with E-state index in [2.05, 4.69) is 61.3 Å². The number of anilines is 1. The average molecular weight is 421 g/mol. The van der Waals surface area contributed by atoms with E-state index < -0.39 is 5.66 Å². The lowest BCUT2D eigenvalue weighted by Gasteiger charge is -2.49. The predicted octanol–water partition coefficient (Wildman–Crippen LogP) is 4.82. The van der Waals surface area contributed by atoms with Crippen molar-refractivity contribution in [3.05, 3.63) is 59.2 Å². The molecule has 2 aliphatic rings. The van der Waals surface area contributed by atoms with E-state index in [0.29, 0.717) is 18.7 Å². The Morgan fingerprint density at radius 1 is 1.13 bits per heavy atom. The summed E-state index contributed by atoms with van der Waals surface area (Å²) in [6.07, 6.45) is 4.77. The number of hydrogen-bond donors (Lipinski definition) is 1. The van der Waals surface area contributed by atoms with Crippen LogP contribution in [0.4, 0.5) is 5.69 Å². The fourth-order valence-corrected chi connectivity index (χ4v) is 4.82. The van der Waals surface area contributed by atoms with Gasteiger partial charge in [0.05, 0.1) is 13.2 Å². The Balaban J connectivity index is 1.76.